The Morgan fingerprint density at radius 3 is 1.32 bits per heavy atom. The van der Waals surface area contributed by atoms with Gasteiger partial charge in [0.25, 0.3) is 7.82 Å². The first kappa shape index (κ1) is 23.3. The molecule has 0 aliphatic rings. The lowest BCUT2D eigenvalue weighted by Crippen LogP contribution is -2.48. The fourth-order valence-electron chi connectivity index (χ4n) is 1.90. The molecule has 0 aromatic carbocycles. The van der Waals surface area contributed by atoms with Gasteiger partial charge in [0.15, 0.2) is 0 Å². The van der Waals surface area contributed by atoms with Crippen LogP contribution in [0.2, 0.25) is 0 Å². The number of hydrogen-bond donors (Lipinski definition) is 0. The van der Waals surface area contributed by atoms with Gasteiger partial charge in [0.2, 0.25) is 0 Å². The summed E-state index contributed by atoms with van der Waals surface area (Å²) < 4.78 is 19.8. The number of hydrogen-bond acceptors (Lipinski definition) is 4. The predicted molar refractivity (Wildman–Crippen MR) is 91.4 cm³/mol. The van der Waals surface area contributed by atoms with E-state index >= 15 is 0 Å². The Labute approximate surface area is 135 Å². The van der Waals surface area contributed by atoms with Gasteiger partial charge in [-0.3, -0.25) is 4.57 Å². The normalized spacial score (nSPS) is 11.0. The van der Waals surface area contributed by atoms with E-state index < -0.39 is 7.82 Å². The molecule has 5 nitrogen and oxygen atoms in total. The summed E-state index contributed by atoms with van der Waals surface area (Å²) in [6, 6.07) is 0. The van der Waals surface area contributed by atoms with Crippen molar-refractivity contribution in [2.45, 2.75) is 13.8 Å². The first-order valence-corrected chi connectivity index (χ1v) is 8.71. The molecule has 0 aromatic rings. The summed E-state index contributed by atoms with van der Waals surface area (Å²) in [5.41, 5.74) is 0. The molecule has 0 saturated heterocycles. The Hall–Kier alpha value is -0.970. The summed E-state index contributed by atoms with van der Waals surface area (Å²) in [6.45, 7) is 22.3. The predicted octanol–water partition coefficient (Wildman–Crippen LogP) is 3.08. The van der Waals surface area contributed by atoms with Crippen LogP contribution in [0.25, 0.3) is 0 Å². The minimum absolute atomic E-state index is 0.126. The molecule has 0 rings (SSSR count). The van der Waals surface area contributed by atoms with Crippen molar-refractivity contribution in [2.75, 3.05) is 39.4 Å². The average molecular weight is 331 g/mol. The Kier molecular flexibility index (Phi) is 14.5. The molecular formula is C16H30NO4P. The number of rotatable bonds is 12. The second-order valence-corrected chi connectivity index (χ2v) is 5.92. The summed E-state index contributed by atoms with van der Waals surface area (Å²) in [4.78, 5) is 10.4. The van der Waals surface area contributed by atoms with Crippen LogP contribution in [0, 0.1) is 0 Å². The van der Waals surface area contributed by atoms with Crippen LogP contribution in [0.3, 0.4) is 0 Å². The highest BCUT2D eigenvalue weighted by molar-refractivity contribution is 7.45. The summed E-state index contributed by atoms with van der Waals surface area (Å²) in [5, 5.41) is 0. The Balaban J connectivity index is 0. The van der Waals surface area contributed by atoms with Crippen molar-refractivity contribution in [3.8, 4) is 0 Å². The van der Waals surface area contributed by atoms with Crippen molar-refractivity contribution in [3.05, 3.63) is 50.6 Å². The van der Waals surface area contributed by atoms with E-state index in [0.717, 1.165) is 30.7 Å². The lowest BCUT2D eigenvalue weighted by Gasteiger charge is -2.35. The third kappa shape index (κ3) is 11.7. The van der Waals surface area contributed by atoms with Gasteiger partial charge in [0, 0.05) is 0 Å². The molecule has 0 heterocycles. The van der Waals surface area contributed by atoms with Crippen LogP contribution in [-0.4, -0.2) is 43.9 Å². The quantitative estimate of drug-likeness (QED) is 0.313. The number of quaternary nitrogens is 1. The second-order valence-electron chi connectivity index (χ2n) is 4.51. The van der Waals surface area contributed by atoms with E-state index in [1.165, 1.54) is 0 Å². The standard InChI is InChI=1S/C12H20N.C4H11O4P/c1-5-9-13(10-6-2,11-7-3)12-8-4;1-3-7-9(5,6)8-4-2/h5-8H,1-4,9-12H2;3-4H2,1-2H3,(H,5,6)/q+1;/p-1. The summed E-state index contributed by atoms with van der Waals surface area (Å²) >= 11 is 0. The molecule has 128 valence electrons. The third-order valence-electron chi connectivity index (χ3n) is 2.64. The average Bonchev–Trinajstić information content (AvgIpc) is 2.40. The van der Waals surface area contributed by atoms with Gasteiger partial charge in [-0.15, -0.1) is 0 Å². The minimum atomic E-state index is -3.94. The second kappa shape index (κ2) is 13.7. The van der Waals surface area contributed by atoms with Gasteiger partial charge in [0.1, 0.15) is 0 Å². The molecule has 0 fully saturated rings. The number of nitrogens with zero attached hydrogens (tertiary/aromatic N) is 1. The highest BCUT2D eigenvalue weighted by atomic mass is 31.2. The highest BCUT2D eigenvalue weighted by Gasteiger charge is 2.20. The smallest absolute Gasteiger partial charge is 0.267 e. The van der Waals surface area contributed by atoms with E-state index in [0.29, 0.717) is 0 Å². The Morgan fingerprint density at radius 1 is 0.864 bits per heavy atom. The molecule has 0 aromatic heterocycles. The van der Waals surface area contributed by atoms with Crippen molar-refractivity contribution < 1.29 is 23.0 Å². The molecule has 0 spiro atoms. The fourth-order valence-corrected chi connectivity index (χ4v) is 2.60. The lowest BCUT2D eigenvalue weighted by atomic mass is 10.3. The molecule has 0 bridgehead atoms. The maximum absolute atomic E-state index is 10.4. The van der Waals surface area contributed by atoms with E-state index in [4.69, 9.17) is 0 Å². The molecule has 6 heteroatoms. The molecule has 0 N–H and O–H groups in total. The zero-order valence-electron chi connectivity index (χ0n) is 13.9. The zero-order valence-corrected chi connectivity index (χ0v) is 14.8. The van der Waals surface area contributed by atoms with Crippen molar-refractivity contribution >= 4 is 7.82 Å². The van der Waals surface area contributed by atoms with Gasteiger partial charge in [-0.1, -0.05) is 26.3 Å². The van der Waals surface area contributed by atoms with Gasteiger partial charge in [0.05, 0.1) is 39.4 Å². The maximum atomic E-state index is 10.4. The first-order chi connectivity index (χ1) is 10.4. The van der Waals surface area contributed by atoms with Crippen LogP contribution < -0.4 is 4.89 Å². The van der Waals surface area contributed by atoms with Gasteiger partial charge in [-0.25, -0.2) is 0 Å². The van der Waals surface area contributed by atoms with E-state index in [1.54, 1.807) is 13.8 Å². The SMILES string of the molecule is C=CC[N+](CC=C)(CC=C)CC=C.CCOP(=O)([O-])OCC. The maximum Gasteiger partial charge on any atom is 0.267 e. The van der Waals surface area contributed by atoms with Crippen molar-refractivity contribution in [1.29, 1.82) is 0 Å². The van der Waals surface area contributed by atoms with Crippen LogP contribution in [0.15, 0.2) is 50.6 Å². The Bertz CT molecular complexity index is 327. The minimum Gasteiger partial charge on any atom is -0.756 e. The van der Waals surface area contributed by atoms with Crippen LogP contribution in [0.1, 0.15) is 13.8 Å². The fraction of sp³-hybridized carbons (Fsp3) is 0.500. The zero-order chi connectivity index (χ0) is 17.5. The van der Waals surface area contributed by atoms with Crippen LogP contribution >= 0.6 is 7.82 Å². The topological polar surface area (TPSA) is 58.6 Å². The summed E-state index contributed by atoms with van der Waals surface area (Å²) in [7, 11) is -3.94. The van der Waals surface area contributed by atoms with Crippen LogP contribution in [0.5, 0.6) is 0 Å². The molecular weight excluding hydrogens is 301 g/mol. The molecule has 0 radical (unpaired) electrons. The van der Waals surface area contributed by atoms with E-state index in [1.807, 2.05) is 24.3 Å². The third-order valence-corrected chi connectivity index (χ3v) is 3.79. The van der Waals surface area contributed by atoms with Crippen molar-refractivity contribution in [1.82, 2.24) is 0 Å². The summed E-state index contributed by atoms with van der Waals surface area (Å²) in [6.07, 6.45) is 7.76. The largest absolute Gasteiger partial charge is 0.756 e. The molecule has 0 aliphatic heterocycles. The first-order valence-electron chi connectivity index (χ1n) is 7.25. The molecule has 0 unspecified atom stereocenters. The molecule has 0 atom stereocenters. The number of phosphoric ester groups is 1. The van der Waals surface area contributed by atoms with Crippen LogP contribution in [-0.2, 0) is 13.6 Å². The summed E-state index contributed by atoms with van der Waals surface area (Å²) in [5.74, 6) is 0. The van der Waals surface area contributed by atoms with E-state index in [2.05, 4.69) is 35.4 Å². The number of phosphoric acid groups is 1. The van der Waals surface area contributed by atoms with Gasteiger partial charge >= 0.3 is 0 Å². The van der Waals surface area contributed by atoms with Gasteiger partial charge < -0.3 is 18.4 Å². The molecule has 0 saturated carbocycles. The molecule has 0 amide bonds. The lowest BCUT2D eigenvalue weighted by molar-refractivity contribution is -0.906. The Morgan fingerprint density at radius 2 is 1.14 bits per heavy atom. The van der Waals surface area contributed by atoms with Crippen LogP contribution in [0.4, 0.5) is 0 Å². The van der Waals surface area contributed by atoms with Crippen molar-refractivity contribution in [2.24, 2.45) is 0 Å². The monoisotopic (exact) mass is 331 g/mol. The van der Waals surface area contributed by atoms with Gasteiger partial charge in [-0.05, 0) is 38.2 Å². The van der Waals surface area contributed by atoms with Crippen molar-refractivity contribution in [3.63, 3.8) is 0 Å². The van der Waals surface area contributed by atoms with E-state index in [-0.39, 0.29) is 13.2 Å². The molecule has 22 heavy (non-hydrogen) atoms. The van der Waals surface area contributed by atoms with Gasteiger partial charge in [-0.2, -0.15) is 0 Å². The van der Waals surface area contributed by atoms with E-state index in [9.17, 15) is 9.46 Å². The highest BCUT2D eigenvalue weighted by Crippen LogP contribution is 2.37. The molecule has 0 aliphatic carbocycles.